The molecule has 18 heavy (non-hydrogen) atoms. The molecule has 1 saturated heterocycles. The first-order valence-electron chi connectivity index (χ1n) is 6.15. The van der Waals surface area contributed by atoms with Gasteiger partial charge in [0.15, 0.2) is 17.8 Å². The van der Waals surface area contributed by atoms with Crippen LogP contribution in [0.1, 0.15) is 39.5 Å². The van der Waals surface area contributed by atoms with Gasteiger partial charge in [0.25, 0.3) is 0 Å². The molecule has 0 bridgehead atoms. The zero-order valence-corrected chi connectivity index (χ0v) is 13.2. The summed E-state index contributed by atoms with van der Waals surface area (Å²) in [6, 6.07) is -0.819. The summed E-state index contributed by atoms with van der Waals surface area (Å²) in [5.74, 6) is -0.990. The normalized spacial score (nSPS) is 35.1. The van der Waals surface area contributed by atoms with Crippen molar-refractivity contribution < 1.29 is 43.9 Å². The number of barbiturate groups is 1. The average Bonchev–Trinajstić information content (AvgIpc) is 2.55. The Morgan fingerprint density at radius 2 is 2.00 bits per heavy atom. The third kappa shape index (κ3) is 2.12. The molecule has 0 aromatic carbocycles. The van der Waals surface area contributed by atoms with Crippen LogP contribution < -0.4 is 34.9 Å². The molecule has 1 spiro atoms. The summed E-state index contributed by atoms with van der Waals surface area (Å²) in [6.07, 6.45) is 3.45. The van der Waals surface area contributed by atoms with Crippen molar-refractivity contribution in [1.29, 1.82) is 0 Å². The molecule has 0 aromatic rings. The molecule has 3 unspecified atom stereocenters. The number of amides is 4. The van der Waals surface area contributed by atoms with Crippen LogP contribution in [0.3, 0.4) is 0 Å². The number of carbonyl (C=O) groups is 3. The van der Waals surface area contributed by atoms with E-state index in [2.05, 4.69) is 10.6 Å². The van der Waals surface area contributed by atoms with Gasteiger partial charge in [-0.25, -0.2) is 0 Å². The number of carbonyl (C=O) groups excluding carboxylic acids is 3. The van der Waals surface area contributed by atoms with Crippen LogP contribution in [0.25, 0.3) is 5.32 Å². The van der Waals surface area contributed by atoms with Gasteiger partial charge < -0.3 is 10.6 Å². The van der Waals surface area contributed by atoms with Crippen LogP contribution in [-0.2, 0) is 9.59 Å². The fourth-order valence-corrected chi connectivity index (χ4v) is 3.33. The van der Waals surface area contributed by atoms with E-state index in [9.17, 15) is 14.4 Å². The second kappa shape index (κ2) is 5.72. The predicted octanol–water partition coefficient (Wildman–Crippen LogP) is -1.03. The number of hydrogen-bond acceptors (Lipinski definition) is 3. The Labute approximate surface area is 129 Å². The minimum Gasteiger partial charge on any atom is -0.394 e. The van der Waals surface area contributed by atoms with Crippen molar-refractivity contribution in [3.63, 3.8) is 0 Å². The Morgan fingerprint density at radius 1 is 1.33 bits per heavy atom. The monoisotopic (exact) mass is 260 g/mol. The summed E-state index contributed by atoms with van der Waals surface area (Å²) in [5, 5.41) is 5.64. The third-order valence-corrected chi connectivity index (χ3v) is 4.16. The van der Waals surface area contributed by atoms with Gasteiger partial charge >= 0.3 is 29.6 Å². The number of rotatable bonds is 2. The van der Waals surface area contributed by atoms with Crippen molar-refractivity contribution in [2.45, 2.75) is 39.5 Å². The van der Waals surface area contributed by atoms with Gasteiger partial charge in [-0.3, -0.25) is 14.4 Å². The Hall–Kier alpha value is -0.390. The maximum atomic E-state index is 12.1. The van der Waals surface area contributed by atoms with Crippen LogP contribution in [0.5, 0.6) is 0 Å². The Bertz CT molecular complexity index is 362. The molecule has 4 amide bonds. The van der Waals surface area contributed by atoms with Crippen LogP contribution in [0, 0.1) is 17.3 Å². The fraction of sp³-hybridized carbons (Fsp3) is 0.750. The number of nitrogens with one attached hydrogen (secondary N) is 1. The van der Waals surface area contributed by atoms with E-state index >= 15 is 0 Å². The number of hydrogen-bond donors (Lipinski definition) is 1. The molecule has 6 heteroatoms. The minimum atomic E-state index is -1.08. The summed E-state index contributed by atoms with van der Waals surface area (Å²) in [7, 11) is 0. The van der Waals surface area contributed by atoms with E-state index in [1.54, 1.807) is 0 Å². The zero-order chi connectivity index (χ0) is 12.6. The molecule has 1 heterocycles. The van der Waals surface area contributed by atoms with E-state index in [-0.39, 0.29) is 41.4 Å². The number of imide groups is 2. The van der Waals surface area contributed by atoms with Gasteiger partial charge in [0, 0.05) is 0 Å². The van der Waals surface area contributed by atoms with E-state index in [0.717, 1.165) is 25.7 Å². The third-order valence-electron chi connectivity index (χ3n) is 4.16. The van der Waals surface area contributed by atoms with Crippen molar-refractivity contribution in [2.24, 2.45) is 17.3 Å². The van der Waals surface area contributed by atoms with Crippen LogP contribution >= 0.6 is 0 Å². The van der Waals surface area contributed by atoms with Crippen LogP contribution in [-0.4, -0.2) is 17.8 Å². The molecule has 0 aromatic heterocycles. The molecule has 1 aliphatic heterocycles. The van der Waals surface area contributed by atoms with E-state index in [0.29, 0.717) is 0 Å². The predicted molar refractivity (Wildman–Crippen MR) is 61.1 cm³/mol. The second-order valence-electron chi connectivity index (χ2n) is 5.01. The number of nitrogens with zero attached hydrogens (tertiary/aromatic N) is 1. The molecular weight excluding hydrogens is 243 g/mol. The molecule has 1 aliphatic carbocycles. The largest absolute Gasteiger partial charge is 1.00 e. The van der Waals surface area contributed by atoms with Gasteiger partial charge in [-0.15, -0.1) is 0 Å². The van der Waals surface area contributed by atoms with E-state index in [4.69, 9.17) is 0 Å². The van der Waals surface area contributed by atoms with Crippen LogP contribution in [0.15, 0.2) is 0 Å². The van der Waals surface area contributed by atoms with Crippen LogP contribution in [0.4, 0.5) is 4.79 Å². The molecular formula is C12H17N2NaO3. The molecule has 3 atom stereocenters. The van der Waals surface area contributed by atoms with Gasteiger partial charge in [0.05, 0.1) is 5.41 Å². The average molecular weight is 260 g/mol. The molecule has 2 rings (SSSR count). The first-order chi connectivity index (χ1) is 8.03. The zero-order valence-electron chi connectivity index (χ0n) is 11.2. The first-order valence-corrected chi connectivity index (χ1v) is 6.15. The summed E-state index contributed by atoms with van der Waals surface area (Å²) in [4.78, 5) is 35.3. The van der Waals surface area contributed by atoms with Gasteiger partial charge in [-0.1, -0.05) is 20.3 Å². The molecule has 1 saturated carbocycles. The molecule has 2 aliphatic rings. The molecule has 5 nitrogen and oxygen atoms in total. The Balaban J connectivity index is 0.00000162. The summed E-state index contributed by atoms with van der Waals surface area (Å²) in [6.45, 7) is 3.93. The van der Waals surface area contributed by atoms with E-state index in [1.807, 2.05) is 13.8 Å². The van der Waals surface area contributed by atoms with Gasteiger partial charge in [0.1, 0.15) is 0 Å². The van der Waals surface area contributed by atoms with Crippen molar-refractivity contribution in [2.75, 3.05) is 0 Å². The van der Waals surface area contributed by atoms with Crippen molar-refractivity contribution in [3.05, 3.63) is 5.32 Å². The standard InChI is InChI=1S/C12H18N2O3.Na/c1-3-4-8-6-5-7(2)12(8)9(15)13-11(17)14-10(12)16;/h7-8H,3-6H2,1-2H3,(H2,13,14,15,16,17);/q;+1/p-1. The van der Waals surface area contributed by atoms with Gasteiger partial charge in [-0.2, -0.15) is 0 Å². The Morgan fingerprint density at radius 3 is 2.56 bits per heavy atom. The fourth-order valence-electron chi connectivity index (χ4n) is 3.33. The summed E-state index contributed by atoms with van der Waals surface area (Å²) < 4.78 is 0. The first kappa shape index (κ1) is 15.7. The Kier molecular flexibility index (Phi) is 4.98. The maximum absolute atomic E-state index is 12.1. The van der Waals surface area contributed by atoms with Crippen molar-refractivity contribution >= 4 is 17.8 Å². The topological polar surface area (TPSA) is 77.3 Å². The number of urea groups is 1. The quantitative estimate of drug-likeness (QED) is 0.509. The summed E-state index contributed by atoms with van der Waals surface area (Å²) in [5.41, 5.74) is -1.08. The molecule has 0 radical (unpaired) electrons. The molecule has 1 N–H and O–H groups in total. The maximum Gasteiger partial charge on any atom is 1.00 e. The van der Waals surface area contributed by atoms with Crippen molar-refractivity contribution in [3.8, 4) is 0 Å². The molecule has 94 valence electrons. The smallest absolute Gasteiger partial charge is 0.394 e. The van der Waals surface area contributed by atoms with E-state index in [1.165, 1.54) is 0 Å². The SMILES string of the molecule is CCCC1CCC(C)C12C(=O)[N-]C(=O)NC2=O.[Na+]. The van der Waals surface area contributed by atoms with Crippen LogP contribution in [0.2, 0.25) is 0 Å². The summed E-state index contributed by atoms with van der Waals surface area (Å²) >= 11 is 0. The van der Waals surface area contributed by atoms with Crippen molar-refractivity contribution in [1.82, 2.24) is 5.32 Å². The minimum absolute atomic E-state index is 0. The van der Waals surface area contributed by atoms with Gasteiger partial charge in [0.2, 0.25) is 0 Å². The second-order valence-corrected chi connectivity index (χ2v) is 5.01. The van der Waals surface area contributed by atoms with Gasteiger partial charge in [-0.05, 0) is 31.1 Å². The molecule has 2 fully saturated rings. The van der Waals surface area contributed by atoms with E-state index < -0.39 is 23.3 Å².